The van der Waals surface area contributed by atoms with Gasteiger partial charge in [0.2, 0.25) is 5.82 Å². The number of nitrogen functional groups attached to an aromatic ring is 1. The highest BCUT2D eigenvalue weighted by Crippen LogP contribution is 2.45. The van der Waals surface area contributed by atoms with Gasteiger partial charge in [-0.3, -0.25) is 14.8 Å². The summed E-state index contributed by atoms with van der Waals surface area (Å²) in [5.41, 5.74) is 8.95. The van der Waals surface area contributed by atoms with Crippen LogP contribution in [0.4, 0.5) is 10.2 Å². The normalized spacial score (nSPS) is 20.3. The van der Waals surface area contributed by atoms with Crippen molar-refractivity contribution in [3.63, 3.8) is 0 Å². The zero-order chi connectivity index (χ0) is 29.2. The molecule has 2 aliphatic rings. The number of aromatic amines is 1. The maximum Gasteiger partial charge on any atom is 0.292 e. The third-order valence-electron chi connectivity index (χ3n) is 8.08. The first-order chi connectivity index (χ1) is 20.2. The fourth-order valence-corrected chi connectivity index (χ4v) is 7.37. The number of H-pyrrole nitrogens is 1. The molecule has 0 radical (unpaired) electrons. The van der Waals surface area contributed by atoms with Crippen LogP contribution in [0.15, 0.2) is 54.1 Å². The fraction of sp³-hybridized carbons (Fsp3) is 0.296. The van der Waals surface area contributed by atoms with Crippen molar-refractivity contribution in [2.45, 2.75) is 48.6 Å². The number of sulfone groups is 1. The Balaban J connectivity index is 1.28. The Hall–Kier alpha value is -4.79. The van der Waals surface area contributed by atoms with Crippen LogP contribution in [0.25, 0.3) is 28.2 Å². The van der Waals surface area contributed by atoms with Gasteiger partial charge in [-0.05, 0) is 43.9 Å². The second-order valence-electron chi connectivity index (χ2n) is 10.6. The van der Waals surface area contributed by atoms with Gasteiger partial charge in [0.05, 0.1) is 17.6 Å². The van der Waals surface area contributed by atoms with Crippen LogP contribution in [0.3, 0.4) is 0 Å². The number of nitrogens with two attached hydrogens (primary N) is 1. The maximum absolute atomic E-state index is 14.2. The number of pyridine rings is 2. The van der Waals surface area contributed by atoms with Gasteiger partial charge in [-0.15, -0.1) is 10.2 Å². The van der Waals surface area contributed by atoms with Crippen LogP contribution in [0.1, 0.15) is 47.9 Å². The molecule has 2 aliphatic heterocycles. The number of hydrogen-bond acceptors (Lipinski definition) is 10. The Morgan fingerprint density at radius 1 is 1.12 bits per heavy atom. The minimum atomic E-state index is -3.79. The minimum Gasteiger partial charge on any atom is -0.382 e. The molecule has 15 heteroatoms. The van der Waals surface area contributed by atoms with Gasteiger partial charge in [-0.1, -0.05) is 6.07 Å². The first-order valence-corrected chi connectivity index (χ1v) is 15.2. The molecule has 2 bridgehead atoms. The van der Waals surface area contributed by atoms with E-state index in [9.17, 15) is 17.6 Å². The summed E-state index contributed by atoms with van der Waals surface area (Å²) in [7, 11) is -3.79. The van der Waals surface area contributed by atoms with Crippen molar-refractivity contribution < 1.29 is 17.6 Å². The predicted molar refractivity (Wildman–Crippen MR) is 148 cm³/mol. The van der Waals surface area contributed by atoms with Gasteiger partial charge in [0.25, 0.3) is 5.91 Å². The molecule has 0 unspecified atom stereocenters. The Labute approximate surface area is 239 Å². The smallest absolute Gasteiger partial charge is 0.292 e. The number of piperidine rings is 1. The molecule has 3 atom stereocenters. The van der Waals surface area contributed by atoms with Crippen LogP contribution in [-0.4, -0.2) is 77.3 Å². The van der Waals surface area contributed by atoms with Gasteiger partial charge in [0, 0.05) is 47.8 Å². The molecule has 2 saturated heterocycles. The second kappa shape index (κ2) is 9.65. The van der Waals surface area contributed by atoms with Crippen molar-refractivity contribution in [3.05, 3.63) is 66.5 Å². The summed E-state index contributed by atoms with van der Waals surface area (Å²) in [4.78, 5) is 31.0. The van der Waals surface area contributed by atoms with Crippen molar-refractivity contribution in [2.75, 3.05) is 12.0 Å². The van der Waals surface area contributed by atoms with Crippen LogP contribution in [-0.2, 0) is 9.84 Å². The number of carbonyl (C=O) groups excluding carboxylic acids is 1. The van der Waals surface area contributed by atoms with Crippen molar-refractivity contribution in [3.8, 4) is 22.5 Å². The number of nitrogens with zero attached hydrogens (tertiary/aromatic N) is 8. The molecule has 0 aliphatic carbocycles. The van der Waals surface area contributed by atoms with E-state index in [1.54, 1.807) is 24.5 Å². The van der Waals surface area contributed by atoms with E-state index in [0.29, 0.717) is 41.0 Å². The molecule has 7 rings (SSSR count). The van der Waals surface area contributed by atoms with Crippen molar-refractivity contribution in [2.24, 2.45) is 0 Å². The van der Waals surface area contributed by atoms with Gasteiger partial charge in [-0.2, -0.15) is 9.61 Å². The van der Waals surface area contributed by atoms with Gasteiger partial charge in [-0.25, -0.2) is 17.8 Å². The van der Waals surface area contributed by atoms with Crippen molar-refractivity contribution >= 4 is 27.2 Å². The number of carbonyl (C=O) groups is 1. The lowest BCUT2D eigenvalue weighted by atomic mass is 9.87. The maximum atomic E-state index is 14.2. The van der Waals surface area contributed by atoms with E-state index in [1.807, 2.05) is 4.90 Å². The van der Waals surface area contributed by atoms with E-state index in [0.717, 1.165) is 19.1 Å². The number of amides is 1. The van der Waals surface area contributed by atoms with Gasteiger partial charge in [0.15, 0.2) is 21.3 Å². The molecule has 5 aromatic heterocycles. The van der Waals surface area contributed by atoms with E-state index in [-0.39, 0.29) is 46.1 Å². The predicted octanol–water partition coefficient (Wildman–Crippen LogP) is 2.65. The lowest BCUT2D eigenvalue weighted by Gasteiger charge is -2.38. The molecule has 0 aromatic carbocycles. The first-order valence-electron chi connectivity index (χ1n) is 13.3. The number of anilines is 1. The largest absolute Gasteiger partial charge is 0.382 e. The average Bonchev–Trinajstić information content (AvgIpc) is 3.71. The van der Waals surface area contributed by atoms with E-state index in [1.165, 1.54) is 29.2 Å². The first kappa shape index (κ1) is 26.1. The third-order valence-corrected chi connectivity index (χ3v) is 9.24. The van der Waals surface area contributed by atoms with Crippen LogP contribution in [0.5, 0.6) is 0 Å². The number of aromatic nitrogens is 8. The molecular formula is C27H25FN10O3S. The van der Waals surface area contributed by atoms with Gasteiger partial charge in [0.1, 0.15) is 22.7 Å². The van der Waals surface area contributed by atoms with Gasteiger partial charge < -0.3 is 15.6 Å². The number of hydrogen-bond donors (Lipinski definition) is 2. The zero-order valence-corrected chi connectivity index (χ0v) is 23.2. The zero-order valence-electron chi connectivity index (χ0n) is 22.3. The topological polar surface area (TPSA) is 178 Å². The van der Waals surface area contributed by atoms with E-state index < -0.39 is 15.7 Å². The molecule has 2 fully saturated rings. The molecule has 13 nitrogen and oxygen atoms in total. The molecule has 0 spiro atoms. The third kappa shape index (κ3) is 4.19. The Kier molecular flexibility index (Phi) is 6.00. The lowest BCUT2D eigenvalue weighted by molar-refractivity contribution is 0.0556. The number of halogens is 1. The highest BCUT2D eigenvalue weighted by atomic mass is 32.2. The quantitative estimate of drug-likeness (QED) is 0.310. The molecule has 7 heterocycles. The molecule has 42 heavy (non-hydrogen) atoms. The molecule has 1 amide bonds. The van der Waals surface area contributed by atoms with Crippen LogP contribution in [0.2, 0.25) is 0 Å². The summed E-state index contributed by atoms with van der Waals surface area (Å²) in [5.74, 6) is -0.807. The Bertz CT molecular complexity index is 1930. The summed E-state index contributed by atoms with van der Waals surface area (Å²) in [6.45, 7) is 0. The summed E-state index contributed by atoms with van der Waals surface area (Å²) in [6, 6.07) is 6.02. The average molecular weight is 589 g/mol. The molecule has 5 aromatic rings. The summed E-state index contributed by atoms with van der Waals surface area (Å²) in [5, 5.41) is 12.0. The van der Waals surface area contributed by atoms with E-state index in [4.69, 9.17) is 10.7 Å². The molecule has 3 N–H and O–H groups in total. The molecule has 214 valence electrons. The van der Waals surface area contributed by atoms with E-state index >= 15 is 0 Å². The standard InChI is InChI=1S/C27H25FN10O3S/c1-42(40,41)23-21(15-9-16-5-6-17(10-15)37(16)27(39)25-32-13-33-36-25)35-26-18(12-34-38(26)24(23)29)14-4-7-20(31-11-14)22-19(28)3-2-8-30-22/h2-4,7-8,11-13,15-17H,5-6,9-10,29H2,1H3,(H,32,33,36)/t15-,16+,17-. The van der Waals surface area contributed by atoms with Gasteiger partial charge >= 0.3 is 0 Å². The number of fused-ring (bicyclic) bond motifs is 3. The lowest BCUT2D eigenvalue weighted by Crippen LogP contribution is -2.46. The molecule has 0 saturated carbocycles. The monoisotopic (exact) mass is 588 g/mol. The summed E-state index contributed by atoms with van der Waals surface area (Å²) < 4.78 is 41.7. The SMILES string of the molecule is CS(=O)(=O)c1c([C@H]2C[C@H]3CC[C@@H](C2)N3C(=O)c2nnc[nH]2)nc2c(-c3ccc(-c4ncccc4F)nc3)cnn2c1N. The second-order valence-corrected chi connectivity index (χ2v) is 12.6. The van der Waals surface area contributed by atoms with Crippen molar-refractivity contribution in [1.29, 1.82) is 0 Å². The minimum absolute atomic E-state index is 0.0311. The van der Waals surface area contributed by atoms with Crippen molar-refractivity contribution in [1.82, 2.24) is 44.6 Å². The summed E-state index contributed by atoms with van der Waals surface area (Å²) in [6.07, 6.45) is 9.72. The van der Waals surface area contributed by atoms with Crippen LogP contribution >= 0.6 is 0 Å². The number of rotatable bonds is 5. The van der Waals surface area contributed by atoms with E-state index in [2.05, 4.69) is 30.2 Å². The fourth-order valence-electron chi connectivity index (χ4n) is 6.31. The highest BCUT2D eigenvalue weighted by molar-refractivity contribution is 7.91. The van der Waals surface area contributed by atoms with Crippen LogP contribution in [0, 0.1) is 5.82 Å². The Morgan fingerprint density at radius 2 is 1.90 bits per heavy atom. The van der Waals surface area contributed by atoms with Crippen LogP contribution < -0.4 is 5.73 Å². The number of nitrogens with one attached hydrogen (secondary N) is 1. The summed E-state index contributed by atoms with van der Waals surface area (Å²) >= 11 is 0. The molecular weight excluding hydrogens is 563 g/mol. The Morgan fingerprint density at radius 3 is 2.55 bits per heavy atom. The highest BCUT2D eigenvalue weighted by Gasteiger charge is 2.46.